The number of benzene rings is 1. The first-order chi connectivity index (χ1) is 10.0. The molecule has 1 unspecified atom stereocenters. The van der Waals surface area contributed by atoms with Crippen molar-refractivity contribution in [1.82, 2.24) is 5.32 Å². The van der Waals surface area contributed by atoms with Gasteiger partial charge in [0.2, 0.25) is 0 Å². The summed E-state index contributed by atoms with van der Waals surface area (Å²) in [7, 11) is 3.69. The Kier molecular flexibility index (Phi) is 5.65. The van der Waals surface area contributed by atoms with Gasteiger partial charge in [0.15, 0.2) is 0 Å². The molecule has 0 aliphatic heterocycles. The zero-order valence-corrected chi connectivity index (χ0v) is 13.8. The van der Waals surface area contributed by atoms with E-state index in [-0.39, 0.29) is 6.04 Å². The molecule has 1 fully saturated rings. The summed E-state index contributed by atoms with van der Waals surface area (Å²) < 4.78 is 11.5. The molecule has 1 aromatic rings. The molecule has 0 radical (unpaired) electrons. The highest BCUT2D eigenvalue weighted by Gasteiger charge is 2.27. The Balaban J connectivity index is 1.88. The number of hydrogen-bond acceptors (Lipinski definition) is 3. The fraction of sp³-hybridized carbons (Fsp3) is 0.667. The van der Waals surface area contributed by atoms with Gasteiger partial charge in [-0.3, -0.25) is 0 Å². The van der Waals surface area contributed by atoms with E-state index >= 15 is 0 Å². The molecular weight excluding hydrogens is 262 g/mol. The summed E-state index contributed by atoms with van der Waals surface area (Å²) in [4.78, 5) is 0. The van der Waals surface area contributed by atoms with Crippen LogP contribution in [0.2, 0.25) is 0 Å². The monoisotopic (exact) mass is 291 g/mol. The van der Waals surface area contributed by atoms with E-state index < -0.39 is 0 Å². The second-order valence-electron chi connectivity index (χ2n) is 6.81. The summed E-state index contributed by atoms with van der Waals surface area (Å²) >= 11 is 0. The van der Waals surface area contributed by atoms with Crippen molar-refractivity contribution in [1.29, 1.82) is 0 Å². The van der Waals surface area contributed by atoms with Gasteiger partial charge in [0, 0.05) is 0 Å². The van der Waals surface area contributed by atoms with Crippen LogP contribution in [0.1, 0.15) is 51.1 Å². The summed E-state index contributed by atoms with van der Waals surface area (Å²) in [6, 6.07) is 8.42. The van der Waals surface area contributed by atoms with E-state index in [1.54, 1.807) is 7.11 Å². The largest absolute Gasteiger partial charge is 0.497 e. The molecule has 1 saturated carbocycles. The van der Waals surface area contributed by atoms with Gasteiger partial charge in [-0.15, -0.1) is 0 Å². The summed E-state index contributed by atoms with van der Waals surface area (Å²) in [5.74, 6) is 0.896. The van der Waals surface area contributed by atoms with E-state index in [0.29, 0.717) is 11.5 Å². The maximum atomic E-state index is 6.15. The van der Waals surface area contributed by atoms with E-state index in [9.17, 15) is 0 Å². The van der Waals surface area contributed by atoms with Crippen LogP contribution in [0.5, 0.6) is 5.75 Å². The van der Waals surface area contributed by atoms with Crippen LogP contribution in [0.3, 0.4) is 0 Å². The molecular formula is C18H29NO2. The highest BCUT2D eigenvalue weighted by atomic mass is 16.5. The lowest BCUT2D eigenvalue weighted by Gasteiger charge is -2.34. The van der Waals surface area contributed by atoms with Gasteiger partial charge < -0.3 is 14.8 Å². The third-order valence-electron chi connectivity index (χ3n) is 4.63. The molecule has 1 N–H and O–H groups in total. The lowest BCUT2D eigenvalue weighted by Crippen LogP contribution is -2.30. The number of ether oxygens (including phenoxy) is 2. The van der Waals surface area contributed by atoms with E-state index in [0.717, 1.165) is 12.4 Å². The Morgan fingerprint density at radius 3 is 2.62 bits per heavy atom. The summed E-state index contributed by atoms with van der Waals surface area (Å²) in [5.41, 5.74) is 1.71. The first-order valence-electron chi connectivity index (χ1n) is 7.97. The van der Waals surface area contributed by atoms with Gasteiger partial charge in [0.1, 0.15) is 5.75 Å². The zero-order valence-electron chi connectivity index (χ0n) is 13.8. The molecule has 1 aromatic carbocycles. The molecule has 0 heterocycles. The van der Waals surface area contributed by atoms with E-state index in [2.05, 4.69) is 31.3 Å². The minimum atomic E-state index is 0.218. The van der Waals surface area contributed by atoms with Crippen molar-refractivity contribution < 1.29 is 9.47 Å². The minimum Gasteiger partial charge on any atom is -0.497 e. The standard InChI is InChI=1S/C18H29NO2/c1-18(2)10-8-15(9-11-18)21-13-17(19-3)14-6-5-7-16(12-14)20-4/h5-7,12,15,17,19H,8-11,13H2,1-4H3. The molecule has 0 bridgehead atoms. The van der Waals surface area contributed by atoms with E-state index in [4.69, 9.17) is 9.47 Å². The first-order valence-corrected chi connectivity index (χ1v) is 7.97. The first kappa shape index (κ1) is 16.3. The van der Waals surface area contributed by atoms with Gasteiger partial charge in [0.05, 0.1) is 25.9 Å². The van der Waals surface area contributed by atoms with E-state index in [1.165, 1.54) is 31.2 Å². The lowest BCUT2D eigenvalue weighted by atomic mass is 9.76. The van der Waals surface area contributed by atoms with Crippen molar-refractivity contribution >= 4 is 0 Å². The van der Waals surface area contributed by atoms with Crippen LogP contribution in [-0.2, 0) is 4.74 Å². The van der Waals surface area contributed by atoms with Crippen LogP contribution in [0.15, 0.2) is 24.3 Å². The molecule has 3 heteroatoms. The molecule has 21 heavy (non-hydrogen) atoms. The van der Waals surface area contributed by atoms with Crippen molar-refractivity contribution in [3.05, 3.63) is 29.8 Å². The third kappa shape index (κ3) is 4.72. The number of rotatable bonds is 6. The molecule has 1 aliphatic rings. The fourth-order valence-corrected chi connectivity index (χ4v) is 2.98. The van der Waals surface area contributed by atoms with Crippen molar-refractivity contribution in [2.75, 3.05) is 20.8 Å². The normalized spacial score (nSPS) is 20.2. The zero-order chi connectivity index (χ0) is 15.3. The van der Waals surface area contributed by atoms with Gasteiger partial charge in [0.25, 0.3) is 0 Å². The van der Waals surface area contributed by atoms with Gasteiger partial charge in [-0.2, -0.15) is 0 Å². The van der Waals surface area contributed by atoms with Crippen molar-refractivity contribution in [3.63, 3.8) is 0 Å². The maximum Gasteiger partial charge on any atom is 0.119 e. The second-order valence-corrected chi connectivity index (χ2v) is 6.81. The van der Waals surface area contributed by atoms with E-state index in [1.807, 2.05) is 19.2 Å². The van der Waals surface area contributed by atoms with Gasteiger partial charge in [-0.25, -0.2) is 0 Å². The molecule has 0 spiro atoms. The lowest BCUT2D eigenvalue weighted by molar-refractivity contribution is -0.00505. The van der Waals surface area contributed by atoms with Crippen molar-refractivity contribution in [2.45, 2.75) is 51.7 Å². The predicted molar refractivity (Wildman–Crippen MR) is 86.8 cm³/mol. The topological polar surface area (TPSA) is 30.5 Å². The van der Waals surface area contributed by atoms with Crippen molar-refractivity contribution in [3.8, 4) is 5.75 Å². The predicted octanol–water partition coefficient (Wildman–Crippen LogP) is 3.94. The number of nitrogens with one attached hydrogen (secondary N) is 1. The summed E-state index contributed by atoms with van der Waals surface area (Å²) in [6.07, 6.45) is 5.31. The molecule has 0 saturated heterocycles. The molecule has 0 aromatic heterocycles. The maximum absolute atomic E-state index is 6.15. The molecule has 2 rings (SSSR count). The Morgan fingerprint density at radius 1 is 1.29 bits per heavy atom. The molecule has 1 atom stereocenters. The molecule has 3 nitrogen and oxygen atoms in total. The van der Waals surface area contributed by atoms with Crippen molar-refractivity contribution in [2.24, 2.45) is 5.41 Å². The van der Waals surface area contributed by atoms with Gasteiger partial charge in [-0.05, 0) is 55.8 Å². The number of likely N-dealkylation sites (N-methyl/N-ethyl adjacent to an activating group) is 1. The Bertz CT molecular complexity index is 435. The Morgan fingerprint density at radius 2 is 2.00 bits per heavy atom. The summed E-state index contributed by atoms with van der Waals surface area (Å²) in [6.45, 7) is 5.43. The highest BCUT2D eigenvalue weighted by molar-refractivity contribution is 5.30. The third-order valence-corrected chi connectivity index (χ3v) is 4.63. The fourth-order valence-electron chi connectivity index (χ4n) is 2.98. The van der Waals surface area contributed by atoms with Crippen LogP contribution in [0.4, 0.5) is 0 Å². The second kappa shape index (κ2) is 7.28. The van der Waals surface area contributed by atoms with Crippen LogP contribution in [-0.4, -0.2) is 26.9 Å². The average molecular weight is 291 g/mol. The van der Waals surface area contributed by atoms with Crippen LogP contribution in [0, 0.1) is 5.41 Å². The van der Waals surface area contributed by atoms with Crippen LogP contribution in [0.25, 0.3) is 0 Å². The number of hydrogen-bond donors (Lipinski definition) is 1. The Hall–Kier alpha value is -1.06. The van der Waals surface area contributed by atoms with Crippen LogP contribution < -0.4 is 10.1 Å². The average Bonchev–Trinajstić information content (AvgIpc) is 2.49. The minimum absolute atomic E-state index is 0.218. The highest BCUT2D eigenvalue weighted by Crippen LogP contribution is 2.36. The molecule has 0 amide bonds. The summed E-state index contributed by atoms with van der Waals surface area (Å²) in [5, 5.41) is 3.34. The van der Waals surface area contributed by atoms with Gasteiger partial charge in [-0.1, -0.05) is 26.0 Å². The van der Waals surface area contributed by atoms with Gasteiger partial charge >= 0.3 is 0 Å². The SMILES string of the molecule is CNC(COC1CCC(C)(C)CC1)c1cccc(OC)c1. The smallest absolute Gasteiger partial charge is 0.119 e. The number of methoxy groups -OCH3 is 1. The molecule has 1 aliphatic carbocycles. The Labute approximate surface area is 129 Å². The van der Waals surface area contributed by atoms with Crippen LogP contribution >= 0.6 is 0 Å². The molecule has 118 valence electrons. The quantitative estimate of drug-likeness (QED) is 0.861.